The third-order valence-corrected chi connectivity index (χ3v) is 5.29. The molecule has 2 aromatic heterocycles. The summed E-state index contributed by atoms with van der Waals surface area (Å²) >= 11 is 1.28. The lowest BCUT2D eigenvalue weighted by molar-refractivity contribution is -0.133. The molecule has 112 valence electrons. The first-order valence-corrected chi connectivity index (χ1v) is 8.20. The number of carbonyl (C=O) groups is 1. The molecule has 6 heteroatoms. The van der Waals surface area contributed by atoms with Gasteiger partial charge in [-0.3, -0.25) is 4.79 Å². The quantitative estimate of drug-likeness (QED) is 0.831. The molecule has 1 aliphatic carbocycles. The molecule has 0 radical (unpaired) electrons. The van der Waals surface area contributed by atoms with Gasteiger partial charge in [-0.05, 0) is 43.2 Å². The topological polar surface area (TPSA) is 68.0 Å². The number of aromatic nitrogens is 3. The Labute approximate surface area is 127 Å². The predicted octanol–water partition coefficient (Wildman–Crippen LogP) is 3.11. The molecule has 1 aliphatic rings. The second kappa shape index (κ2) is 5.33. The van der Waals surface area contributed by atoms with Crippen LogP contribution in [0.5, 0.6) is 0 Å². The lowest BCUT2D eigenvalue weighted by Gasteiger charge is -2.15. The molecule has 1 N–H and O–H groups in total. The molecule has 5 nitrogen and oxygen atoms in total. The molecule has 2 heterocycles. The number of aryl methyl sites for hydroxylation is 1. The number of nitrogens with zero attached hydrogens (tertiary/aromatic N) is 3. The van der Waals surface area contributed by atoms with Gasteiger partial charge in [0.15, 0.2) is 10.8 Å². The highest BCUT2D eigenvalue weighted by Crippen LogP contribution is 2.50. The second-order valence-electron chi connectivity index (χ2n) is 5.82. The maximum atomic E-state index is 10.8. The standard InChI is InChI=1S/C15H19N3O2S/c1-3-15(5-6-15)9-18-13-12(10(2)4-7-16-13)17-14(18)21-8-11(19)20/h4,7H,3,5-6,8-9H2,1-2H3,(H,19,20). The fraction of sp³-hybridized carbons (Fsp3) is 0.533. The molecule has 1 saturated carbocycles. The molecule has 1 fully saturated rings. The maximum Gasteiger partial charge on any atom is 0.313 e. The summed E-state index contributed by atoms with van der Waals surface area (Å²) in [5, 5.41) is 9.68. The summed E-state index contributed by atoms with van der Waals surface area (Å²) in [6, 6.07) is 1.94. The summed E-state index contributed by atoms with van der Waals surface area (Å²) in [6.45, 7) is 5.12. The van der Waals surface area contributed by atoms with Gasteiger partial charge in [0.25, 0.3) is 0 Å². The minimum atomic E-state index is -0.820. The van der Waals surface area contributed by atoms with E-state index >= 15 is 0 Å². The third-order valence-electron chi connectivity index (χ3n) is 4.33. The number of aliphatic carboxylic acids is 1. The summed E-state index contributed by atoms with van der Waals surface area (Å²) in [5.74, 6) is -0.790. The summed E-state index contributed by atoms with van der Waals surface area (Å²) in [7, 11) is 0. The van der Waals surface area contributed by atoms with Crippen molar-refractivity contribution in [3.05, 3.63) is 17.8 Å². The number of imidazole rings is 1. The molecule has 2 aromatic rings. The van der Waals surface area contributed by atoms with E-state index in [-0.39, 0.29) is 5.75 Å². The first kappa shape index (κ1) is 14.4. The van der Waals surface area contributed by atoms with E-state index in [0.29, 0.717) is 5.41 Å². The van der Waals surface area contributed by atoms with Crippen LogP contribution in [0.4, 0.5) is 0 Å². The monoisotopic (exact) mass is 305 g/mol. The number of carboxylic acids is 1. The summed E-state index contributed by atoms with van der Waals surface area (Å²) < 4.78 is 2.12. The zero-order valence-electron chi connectivity index (χ0n) is 12.3. The number of carboxylic acid groups (broad SMARTS) is 1. The Balaban J connectivity index is 2.02. The van der Waals surface area contributed by atoms with Gasteiger partial charge in [-0.25, -0.2) is 9.97 Å². The van der Waals surface area contributed by atoms with E-state index in [1.807, 2.05) is 13.0 Å². The van der Waals surface area contributed by atoms with E-state index in [1.54, 1.807) is 6.20 Å². The number of rotatable bonds is 6. The highest BCUT2D eigenvalue weighted by molar-refractivity contribution is 7.99. The largest absolute Gasteiger partial charge is 0.481 e. The zero-order chi connectivity index (χ0) is 15.0. The summed E-state index contributed by atoms with van der Waals surface area (Å²) in [5.41, 5.74) is 3.20. The van der Waals surface area contributed by atoms with E-state index in [4.69, 9.17) is 5.11 Å². The van der Waals surface area contributed by atoms with Crippen molar-refractivity contribution in [1.29, 1.82) is 0 Å². The Hall–Kier alpha value is -1.56. The van der Waals surface area contributed by atoms with Crippen LogP contribution in [-0.4, -0.2) is 31.4 Å². The van der Waals surface area contributed by atoms with E-state index in [1.165, 1.54) is 24.6 Å². The van der Waals surface area contributed by atoms with Gasteiger partial charge < -0.3 is 9.67 Å². The molecule has 0 aliphatic heterocycles. The van der Waals surface area contributed by atoms with Crippen molar-refractivity contribution in [3.8, 4) is 0 Å². The average Bonchev–Trinajstić information content (AvgIpc) is 3.14. The van der Waals surface area contributed by atoms with Crippen LogP contribution >= 0.6 is 11.8 Å². The molecule has 0 saturated heterocycles. The van der Waals surface area contributed by atoms with Crippen molar-refractivity contribution in [2.75, 3.05) is 5.75 Å². The summed E-state index contributed by atoms with van der Waals surface area (Å²) in [4.78, 5) is 20.0. The first-order valence-electron chi connectivity index (χ1n) is 7.21. The van der Waals surface area contributed by atoms with Gasteiger partial charge in [0.2, 0.25) is 0 Å². The molecule has 21 heavy (non-hydrogen) atoms. The van der Waals surface area contributed by atoms with Gasteiger partial charge in [-0.1, -0.05) is 18.7 Å². The lowest BCUT2D eigenvalue weighted by Crippen LogP contribution is -2.12. The molecule has 0 spiro atoms. The molecule has 0 aromatic carbocycles. The van der Waals surface area contributed by atoms with E-state index in [2.05, 4.69) is 21.5 Å². The van der Waals surface area contributed by atoms with Crippen molar-refractivity contribution in [2.45, 2.75) is 44.8 Å². The Morgan fingerprint density at radius 2 is 2.29 bits per heavy atom. The molecular formula is C15H19N3O2S. The van der Waals surface area contributed by atoms with Gasteiger partial charge in [-0.2, -0.15) is 0 Å². The van der Waals surface area contributed by atoms with Crippen LogP contribution in [0.3, 0.4) is 0 Å². The Bertz CT molecular complexity index is 692. The van der Waals surface area contributed by atoms with Gasteiger partial charge in [0, 0.05) is 12.7 Å². The van der Waals surface area contributed by atoms with Crippen molar-refractivity contribution in [3.63, 3.8) is 0 Å². The number of fused-ring (bicyclic) bond motifs is 1. The maximum absolute atomic E-state index is 10.8. The van der Waals surface area contributed by atoms with Crippen LogP contribution in [0, 0.1) is 12.3 Å². The third kappa shape index (κ3) is 2.77. The van der Waals surface area contributed by atoms with Crippen LogP contribution in [0.15, 0.2) is 17.4 Å². The lowest BCUT2D eigenvalue weighted by atomic mass is 10.0. The fourth-order valence-electron chi connectivity index (χ4n) is 2.63. The van der Waals surface area contributed by atoms with Crippen LogP contribution in [-0.2, 0) is 11.3 Å². The van der Waals surface area contributed by atoms with Gasteiger partial charge >= 0.3 is 5.97 Å². The number of hydrogen-bond acceptors (Lipinski definition) is 4. The van der Waals surface area contributed by atoms with Crippen LogP contribution in [0.25, 0.3) is 11.2 Å². The molecular weight excluding hydrogens is 286 g/mol. The molecule has 0 unspecified atom stereocenters. The molecule has 0 atom stereocenters. The van der Waals surface area contributed by atoms with Crippen molar-refractivity contribution in [2.24, 2.45) is 5.41 Å². The van der Waals surface area contributed by atoms with Crippen LogP contribution in [0.1, 0.15) is 31.7 Å². The van der Waals surface area contributed by atoms with Crippen molar-refractivity contribution >= 4 is 28.9 Å². The van der Waals surface area contributed by atoms with Gasteiger partial charge in [0.1, 0.15) is 5.52 Å². The van der Waals surface area contributed by atoms with Gasteiger partial charge in [0.05, 0.1) is 5.75 Å². The van der Waals surface area contributed by atoms with Crippen LogP contribution < -0.4 is 0 Å². The minimum absolute atomic E-state index is 0.0293. The highest BCUT2D eigenvalue weighted by Gasteiger charge is 2.41. The number of hydrogen-bond donors (Lipinski definition) is 1. The Morgan fingerprint density at radius 3 is 2.90 bits per heavy atom. The average molecular weight is 305 g/mol. The molecule has 0 amide bonds. The first-order chi connectivity index (χ1) is 10.0. The molecule has 3 rings (SSSR count). The second-order valence-corrected chi connectivity index (χ2v) is 6.76. The predicted molar refractivity (Wildman–Crippen MR) is 82.6 cm³/mol. The number of thioether (sulfide) groups is 1. The minimum Gasteiger partial charge on any atom is -0.481 e. The normalized spacial score (nSPS) is 16.3. The van der Waals surface area contributed by atoms with E-state index in [9.17, 15) is 4.79 Å². The summed E-state index contributed by atoms with van der Waals surface area (Å²) in [6.07, 6.45) is 5.41. The molecule has 0 bridgehead atoms. The Kier molecular flexibility index (Phi) is 3.65. The Morgan fingerprint density at radius 1 is 1.52 bits per heavy atom. The van der Waals surface area contributed by atoms with Crippen molar-refractivity contribution in [1.82, 2.24) is 14.5 Å². The van der Waals surface area contributed by atoms with Gasteiger partial charge in [-0.15, -0.1) is 0 Å². The highest BCUT2D eigenvalue weighted by atomic mass is 32.2. The van der Waals surface area contributed by atoms with E-state index in [0.717, 1.165) is 34.8 Å². The fourth-order valence-corrected chi connectivity index (χ4v) is 3.35. The van der Waals surface area contributed by atoms with Crippen LogP contribution in [0.2, 0.25) is 0 Å². The van der Waals surface area contributed by atoms with E-state index < -0.39 is 5.97 Å². The smallest absolute Gasteiger partial charge is 0.313 e. The zero-order valence-corrected chi connectivity index (χ0v) is 13.1. The SMILES string of the molecule is CCC1(Cn2c(SCC(=O)O)nc3c(C)ccnc32)CC1. The number of pyridine rings is 1. The van der Waals surface area contributed by atoms with Crippen molar-refractivity contribution < 1.29 is 9.90 Å².